The van der Waals surface area contributed by atoms with Crippen molar-refractivity contribution in [3.63, 3.8) is 0 Å². The van der Waals surface area contributed by atoms with Gasteiger partial charge in [-0.1, -0.05) is 23.2 Å². The van der Waals surface area contributed by atoms with Crippen LogP contribution in [0.25, 0.3) is 0 Å². The Hall–Kier alpha value is -2.57. The molecule has 2 aromatic rings. The quantitative estimate of drug-likeness (QED) is 0.704. The van der Waals surface area contributed by atoms with Crippen LogP contribution in [0, 0.1) is 0 Å². The molecule has 142 valence electrons. The van der Waals surface area contributed by atoms with Gasteiger partial charge in [-0.2, -0.15) is 0 Å². The molecule has 2 rings (SSSR count). The molecule has 0 aromatic heterocycles. The van der Waals surface area contributed by atoms with E-state index in [9.17, 15) is 14.4 Å². The topological polar surface area (TPSA) is 81.7 Å². The summed E-state index contributed by atoms with van der Waals surface area (Å²) in [6.07, 6.45) is 0. The molecule has 0 aliphatic carbocycles. The molecule has 0 fully saturated rings. The Morgan fingerprint density at radius 1 is 0.889 bits per heavy atom. The van der Waals surface area contributed by atoms with Gasteiger partial charge in [-0.05, 0) is 50.2 Å². The molecule has 0 radical (unpaired) electrons. The summed E-state index contributed by atoms with van der Waals surface area (Å²) in [7, 11) is 0. The van der Waals surface area contributed by atoms with E-state index in [0.717, 1.165) is 0 Å². The van der Waals surface area contributed by atoms with Gasteiger partial charge in [0, 0.05) is 10.7 Å². The molecule has 0 saturated carbocycles. The second-order valence-electron chi connectivity index (χ2n) is 5.32. The Balaban J connectivity index is 2.37. The number of ether oxygens (including phenoxy) is 2. The summed E-state index contributed by atoms with van der Waals surface area (Å²) in [5.74, 6) is -1.76. The standard InChI is InChI=1S/C19H17Cl2NO5/c1-3-26-18(24)11-7-12(19(25)27-4-2)9-14(8-11)22-17(23)15-6-5-13(20)10-16(15)21/h5-10H,3-4H2,1-2H3,(H,22,23). The number of carbonyl (C=O) groups is 3. The van der Waals surface area contributed by atoms with E-state index in [1.54, 1.807) is 13.8 Å². The molecule has 0 aliphatic heterocycles. The normalized spacial score (nSPS) is 10.2. The molecule has 27 heavy (non-hydrogen) atoms. The average Bonchev–Trinajstić information content (AvgIpc) is 2.61. The fraction of sp³-hybridized carbons (Fsp3) is 0.211. The first kappa shape index (κ1) is 20.7. The molecule has 0 heterocycles. The highest BCUT2D eigenvalue weighted by atomic mass is 35.5. The summed E-state index contributed by atoms with van der Waals surface area (Å²) >= 11 is 11.9. The van der Waals surface area contributed by atoms with Crippen molar-refractivity contribution in [3.8, 4) is 0 Å². The van der Waals surface area contributed by atoms with E-state index in [0.29, 0.717) is 5.02 Å². The Bertz CT molecular complexity index is 846. The predicted molar refractivity (Wildman–Crippen MR) is 103 cm³/mol. The number of halogens is 2. The van der Waals surface area contributed by atoms with Crippen molar-refractivity contribution < 1.29 is 23.9 Å². The predicted octanol–water partition coefficient (Wildman–Crippen LogP) is 4.60. The second-order valence-corrected chi connectivity index (χ2v) is 6.16. The summed E-state index contributed by atoms with van der Waals surface area (Å²) in [5.41, 5.74) is 0.639. The van der Waals surface area contributed by atoms with Crippen LogP contribution in [0.1, 0.15) is 44.9 Å². The fourth-order valence-corrected chi connectivity index (χ4v) is 2.73. The van der Waals surface area contributed by atoms with E-state index < -0.39 is 17.8 Å². The lowest BCUT2D eigenvalue weighted by atomic mass is 10.1. The highest BCUT2D eigenvalue weighted by molar-refractivity contribution is 6.37. The van der Waals surface area contributed by atoms with Crippen LogP contribution in [-0.4, -0.2) is 31.1 Å². The third-order valence-electron chi connectivity index (χ3n) is 3.39. The maximum Gasteiger partial charge on any atom is 0.338 e. The van der Waals surface area contributed by atoms with Crippen molar-refractivity contribution in [2.75, 3.05) is 18.5 Å². The van der Waals surface area contributed by atoms with E-state index in [4.69, 9.17) is 32.7 Å². The van der Waals surface area contributed by atoms with E-state index in [2.05, 4.69) is 5.32 Å². The Morgan fingerprint density at radius 2 is 1.44 bits per heavy atom. The third-order valence-corrected chi connectivity index (χ3v) is 3.94. The minimum atomic E-state index is -0.622. The van der Waals surface area contributed by atoms with Gasteiger partial charge in [0.2, 0.25) is 0 Å². The van der Waals surface area contributed by atoms with E-state index >= 15 is 0 Å². The molecule has 0 saturated heterocycles. The van der Waals surface area contributed by atoms with Crippen molar-refractivity contribution in [2.24, 2.45) is 0 Å². The zero-order chi connectivity index (χ0) is 20.0. The number of hydrogen-bond acceptors (Lipinski definition) is 5. The largest absolute Gasteiger partial charge is 0.462 e. The van der Waals surface area contributed by atoms with Crippen molar-refractivity contribution >= 4 is 46.7 Å². The van der Waals surface area contributed by atoms with Crippen LogP contribution in [0.15, 0.2) is 36.4 Å². The van der Waals surface area contributed by atoms with Crippen LogP contribution >= 0.6 is 23.2 Å². The zero-order valence-corrected chi connectivity index (χ0v) is 16.2. The fourth-order valence-electron chi connectivity index (χ4n) is 2.24. The molecule has 0 spiro atoms. The molecule has 0 aliphatic rings. The number of rotatable bonds is 6. The maximum atomic E-state index is 12.5. The Labute approximate surface area is 166 Å². The van der Waals surface area contributed by atoms with Crippen molar-refractivity contribution in [2.45, 2.75) is 13.8 Å². The van der Waals surface area contributed by atoms with Gasteiger partial charge in [-0.3, -0.25) is 4.79 Å². The summed E-state index contributed by atoms with van der Waals surface area (Å²) in [6, 6.07) is 8.60. The minimum absolute atomic E-state index is 0.111. The lowest BCUT2D eigenvalue weighted by Gasteiger charge is -2.11. The average molecular weight is 410 g/mol. The monoisotopic (exact) mass is 409 g/mol. The molecule has 0 bridgehead atoms. The first-order chi connectivity index (χ1) is 12.8. The number of nitrogens with one attached hydrogen (secondary N) is 1. The molecule has 0 atom stereocenters. The number of esters is 2. The van der Waals surface area contributed by atoms with Gasteiger partial charge >= 0.3 is 11.9 Å². The van der Waals surface area contributed by atoms with Crippen LogP contribution in [0.5, 0.6) is 0 Å². The zero-order valence-electron chi connectivity index (χ0n) is 14.7. The number of benzene rings is 2. The Morgan fingerprint density at radius 3 is 1.93 bits per heavy atom. The van der Waals surface area contributed by atoms with Crippen LogP contribution in [0.4, 0.5) is 5.69 Å². The number of amides is 1. The van der Waals surface area contributed by atoms with Crippen molar-refractivity contribution in [3.05, 3.63) is 63.1 Å². The molecule has 2 aromatic carbocycles. The lowest BCUT2D eigenvalue weighted by Crippen LogP contribution is -2.15. The minimum Gasteiger partial charge on any atom is -0.462 e. The first-order valence-electron chi connectivity index (χ1n) is 8.11. The molecular weight excluding hydrogens is 393 g/mol. The number of carbonyl (C=O) groups excluding carboxylic acids is 3. The maximum absolute atomic E-state index is 12.5. The number of hydrogen-bond donors (Lipinski definition) is 1. The third kappa shape index (κ3) is 5.45. The summed E-state index contributed by atoms with van der Waals surface area (Å²) < 4.78 is 9.92. The molecular formula is C19H17Cl2NO5. The van der Waals surface area contributed by atoms with Crippen LogP contribution in [-0.2, 0) is 9.47 Å². The highest BCUT2D eigenvalue weighted by Gasteiger charge is 2.17. The SMILES string of the molecule is CCOC(=O)c1cc(NC(=O)c2ccc(Cl)cc2Cl)cc(C(=O)OCC)c1. The van der Waals surface area contributed by atoms with E-state index in [1.807, 2.05) is 0 Å². The van der Waals surface area contributed by atoms with Crippen LogP contribution in [0.3, 0.4) is 0 Å². The van der Waals surface area contributed by atoms with Crippen LogP contribution in [0.2, 0.25) is 10.0 Å². The van der Waals surface area contributed by atoms with Gasteiger partial charge in [0.05, 0.1) is 34.9 Å². The van der Waals surface area contributed by atoms with E-state index in [-0.39, 0.29) is 40.6 Å². The smallest absolute Gasteiger partial charge is 0.338 e. The molecule has 8 heteroatoms. The van der Waals surface area contributed by atoms with Crippen LogP contribution < -0.4 is 5.32 Å². The highest BCUT2D eigenvalue weighted by Crippen LogP contribution is 2.23. The number of anilines is 1. The van der Waals surface area contributed by atoms with E-state index in [1.165, 1.54) is 36.4 Å². The molecule has 6 nitrogen and oxygen atoms in total. The first-order valence-corrected chi connectivity index (χ1v) is 8.87. The molecule has 1 amide bonds. The summed E-state index contributed by atoms with van der Waals surface area (Å²) in [5, 5.41) is 3.18. The summed E-state index contributed by atoms with van der Waals surface area (Å²) in [4.78, 5) is 36.6. The van der Waals surface area contributed by atoms with Gasteiger partial charge in [-0.25, -0.2) is 9.59 Å². The van der Waals surface area contributed by atoms with Crippen molar-refractivity contribution in [1.29, 1.82) is 0 Å². The molecule has 0 unspecified atom stereocenters. The lowest BCUT2D eigenvalue weighted by molar-refractivity contribution is 0.0525. The summed E-state index contributed by atoms with van der Waals surface area (Å²) in [6.45, 7) is 3.67. The van der Waals surface area contributed by atoms with Gasteiger partial charge < -0.3 is 14.8 Å². The van der Waals surface area contributed by atoms with Gasteiger partial charge in [-0.15, -0.1) is 0 Å². The van der Waals surface area contributed by atoms with Gasteiger partial charge in [0.1, 0.15) is 0 Å². The van der Waals surface area contributed by atoms with Gasteiger partial charge in [0.15, 0.2) is 0 Å². The Kier molecular flexibility index (Phi) is 7.21. The van der Waals surface area contributed by atoms with Crippen molar-refractivity contribution in [1.82, 2.24) is 0 Å². The second kappa shape index (κ2) is 9.39. The van der Waals surface area contributed by atoms with Gasteiger partial charge in [0.25, 0.3) is 5.91 Å². The molecule has 1 N–H and O–H groups in total.